The van der Waals surface area contributed by atoms with Gasteiger partial charge in [0, 0.05) is 50.0 Å². The molecule has 2 aromatic rings. The van der Waals surface area contributed by atoms with Gasteiger partial charge in [-0.15, -0.1) is 0 Å². The van der Waals surface area contributed by atoms with E-state index in [1.165, 1.54) is 6.20 Å². The number of ether oxygens (including phenoxy) is 2. The fraction of sp³-hybridized carbons (Fsp3) is 0.500. The SMILES string of the molecule is COCCCn1c(C)cc(C(=O)COC(=O)c2cnn(C)c2C)c1C. The van der Waals surface area contributed by atoms with Crippen molar-refractivity contribution < 1.29 is 19.1 Å². The Balaban J connectivity index is 2.02. The minimum atomic E-state index is -0.534. The fourth-order valence-corrected chi connectivity index (χ4v) is 2.78. The third kappa shape index (κ3) is 4.17. The Morgan fingerprint density at radius 1 is 1.16 bits per heavy atom. The molecular weight excluding hydrogens is 322 g/mol. The van der Waals surface area contributed by atoms with Crippen molar-refractivity contribution in [2.45, 2.75) is 33.7 Å². The molecule has 0 atom stereocenters. The lowest BCUT2D eigenvalue weighted by molar-refractivity contribution is 0.0473. The maximum absolute atomic E-state index is 12.5. The number of aryl methyl sites for hydroxylation is 2. The molecule has 2 heterocycles. The van der Waals surface area contributed by atoms with Gasteiger partial charge in [-0.25, -0.2) is 4.79 Å². The molecule has 25 heavy (non-hydrogen) atoms. The van der Waals surface area contributed by atoms with E-state index in [-0.39, 0.29) is 12.4 Å². The van der Waals surface area contributed by atoms with Crippen LogP contribution in [0, 0.1) is 20.8 Å². The summed E-state index contributed by atoms with van der Waals surface area (Å²) >= 11 is 0. The van der Waals surface area contributed by atoms with Crippen molar-refractivity contribution in [2.75, 3.05) is 20.3 Å². The van der Waals surface area contributed by atoms with E-state index in [9.17, 15) is 9.59 Å². The van der Waals surface area contributed by atoms with Crippen LogP contribution in [0.4, 0.5) is 0 Å². The first kappa shape index (κ1) is 18.9. The van der Waals surface area contributed by atoms with Crippen molar-refractivity contribution in [1.29, 1.82) is 0 Å². The highest BCUT2D eigenvalue weighted by Gasteiger charge is 2.19. The van der Waals surface area contributed by atoms with Crippen LogP contribution in [0.25, 0.3) is 0 Å². The standard InChI is InChI=1S/C18H25N3O4/c1-12-9-15(14(3)21(12)7-6-8-24-5)17(22)11-25-18(23)16-10-19-20(4)13(16)2/h9-10H,6-8,11H2,1-5H3. The van der Waals surface area contributed by atoms with Crippen LogP contribution in [-0.2, 0) is 23.1 Å². The van der Waals surface area contributed by atoms with Gasteiger partial charge in [0.2, 0.25) is 5.78 Å². The highest BCUT2D eigenvalue weighted by molar-refractivity contribution is 6.00. The van der Waals surface area contributed by atoms with Crippen LogP contribution >= 0.6 is 0 Å². The molecule has 0 radical (unpaired) electrons. The van der Waals surface area contributed by atoms with Crippen LogP contribution in [0.1, 0.15) is 44.2 Å². The van der Waals surface area contributed by atoms with Gasteiger partial charge >= 0.3 is 5.97 Å². The lowest BCUT2D eigenvalue weighted by Crippen LogP contribution is -2.15. The monoisotopic (exact) mass is 347 g/mol. The van der Waals surface area contributed by atoms with E-state index in [2.05, 4.69) is 9.67 Å². The second kappa shape index (κ2) is 8.11. The number of nitrogens with zero attached hydrogens (tertiary/aromatic N) is 3. The Labute approximate surface area is 147 Å². The van der Waals surface area contributed by atoms with Gasteiger partial charge in [-0.2, -0.15) is 5.10 Å². The summed E-state index contributed by atoms with van der Waals surface area (Å²) in [5.41, 5.74) is 3.55. The number of rotatable bonds is 8. The van der Waals surface area contributed by atoms with Crippen molar-refractivity contribution in [3.8, 4) is 0 Å². The van der Waals surface area contributed by atoms with Crippen molar-refractivity contribution >= 4 is 11.8 Å². The molecule has 7 nitrogen and oxygen atoms in total. The first-order chi connectivity index (χ1) is 11.9. The van der Waals surface area contributed by atoms with Crippen LogP contribution in [-0.4, -0.2) is 46.4 Å². The second-order valence-electron chi connectivity index (χ2n) is 6.05. The number of aromatic nitrogens is 3. The van der Waals surface area contributed by atoms with Gasteiger partial charge in [0.25, 0.3) is 0 Å². The normalized spacial score (nSPS) is 10.9. The first-order valence-corrected chi connectivity index (χ1v) is 8.21. The predicted octanol–water partition coefficient (Wildman–Crippen LogP) is 2.22. The average Bonchev–Trinajstić information content (AvgIpc) is 3.06. The molecule has 0 fully saturated rings. The van der Waals surface area contributed by atoms with Gasteiger partial charge in [0.1, 0.15) is 5.56 Å². The van der Waals surface area contributed by atoms with Gasteiger partial charge in [-0.05, 0) is 33.3 Å². The molecule has 2 rings (SSSR count). The third-order valence-corrected chi connectivity index (χ3v) is 4.39. The van der Waals surface area contributed by atoms with Gasteiger partial charge in [-0.1, -0.05) is 0 Å². The Morgan fingerprint density at radius 2 is 1.88 bits per heavy atom. The summed E-state index contributed by atoms with van der Waals surface area (Å²) in [7, 11) is 3.42. The van der Waals surface area contributed by atoms with E-state index < -0.39 is 5.97 Å². The van der Waals surface area contributed by atoms with Gasteiger partial charge in [-0.3, -0.25) is 9.48 Å². The number of hydrogen-bond donors (Lipinski definition) is 0. The zero-order chi connectivity index (χ0) is 18.6. The minimum Gasteiger partial charge on any atom is -0.454 e. The van der Waals surface area contributed by atoms with Gasteiger partial charge in [0.15, 0.2) is 6.61 Å². The van der Waals surface area contributed by atoms with E-state index in [1.54, 1.807) is 25.8 Å². The Bertz CT molecular complexity index is 774. The van der Waals surface area contributed by atoms with Gasteiger partial charge in [0.05, 0.1) is 6.20 Å². The molecule has 0 aliphatic heterocycles. The number of ketones is 1. The van der Waals surface area contributed by atoms with Crippen LogP contribution in [0.15, 0.2) is 12.3 Å². The van der Waals surface area contributed by atoms with Crippen LogP contribution in [0.2, 0.25) is 0 Å². The molecule has 0 amide bonds. The smallest absolute Gasteiger partial charge is 0.342 e. The van der Waals surface area contributed by atoms with Crippen molar-refractivity contribution in [1.82, 2.24) is 14.3 Å². The Kier molecular flexibility index (Phi) is 6.14. The molecule has 0 aromatic carbocycles. The Morgan fingerprint density at radius 3 is 2.48 bits per heavy atom. The third-order valence-electron chi connectivity index (χ3n) is 4.39. The largest absolute Gasteiger partial charge is 0.454 e. The summed E-state index contributed by atoms with van der Waals surface area (Å²) in [6.07, 6.45) is 2.32. The number of hydrogen-bond acceptors (Lipinski definition) is 5. The molecule has 7 heteroatoms. The highest BCUT2D eigenvalue weighted by atomic mass is 16.5. The summed E-state index contributed by atoms with van der Waals surface area (Å²) in [5, 5.41) is 4.00. The molecule has 0 unspecified atom stereocenters. The topological polar surface area (TPSA) is 75.3 Å². The van der Waals surface area contributed by atoms with E-state index >= 15 is 0 Å². The van der Waals surface area contributed by atoms with E-state index in [4.69, 9.17) is 9.47 Å². The molecule has 0 aliphatic rings. The zero-order valence-corrected chi connectivity index (χ0v) is 15.5. The molecule has 136 valence electrons. The first-order valence-electron chi connectivity index (χ1n) is 8.21. The summed E-state index contributed by atoms with van der Waals surface area (Å²) in [4.78, 5) is 24.6. The maximum Gasteiger partial charge on any atom is 0.342 e. The lowest BCUT2D eigenvalue weighted by atomic mass is 10.1. The van der Waals surface area contributed by atoms with Gasteiger partial charge < -0.3 is 14.0 Å². The van der Waals surface area contributed by atoms with Crippen LogP contribution in [0.5, 0.6) is 0 Å². The molecule has 0 aliphatic carbocycles. The quantitative estimate of drug-likeness (QED) is 0.416. The second-order valence-corrected chi connectivity index (χ2v) is 6.05. The summed E-state index contributed by atoms with van der Waals surface area (Å²) < 4.78 is 13.9. The fourth-order valence-electron chi connectivity index (χ4n) is 2.78. The molecule has 0 spiro atoms. The zero-order valence-electron chi connectivity index (χ0n) is 15.5. The highest BCUT2D eigenvalue weighted by Crippen LogP contribution is 2.17. The minimum absolute atomic E-state index is 0.207. The van der Waals surface area contributed by atoms with Crippen molar-refractivity contribution in [2.24, 2.45) is 7.05 Å². The number of carbonyl (C=O) groups is 2. The summed E-state index contributed by atoms with van der Waals surface area (Å²) in [5.74, 6) is -0.742. The number of carbonyl (C=O) groups excluding carboxylic acids is 2. The number of Topliss-reactive ketones (excluding diaryl/α,β-unsaturated/α-hetero) is 1. The molecule has 0 saturated heterocycles. The lowest BCUT2D eigenvalue weighted by Gasteiger charge is -2.09. The van der Waals surface area contributed by atoms with Crippen molar-refractivity contribution in [3.63, 3.8) is 0 Å². The maximum atomic E-state index is 12.5. The van der Waals surface area contributed by atoms with E-state index in [0.29, 0.717) is 23.4 Å². The predicted molar refractivity (Wildman–Crippen MR) is 93.0 cm³/mol. The number of esters is 1. The van der Waals surface area contributed by atoms with E-state index in [1.807, 2.05) is 19.9 Å². The molecule has 0 N–H and O–H groups in total. The van der Waals surface area contributed by atoms with Crippen LogP contribution in [0.3, 0.4) is 0 Å². The van der Waals surface area contributed by atoms with Crippen LogP contribution < -0.4 is 0 Å². The summed E-state index contributed by atoms with van der Waals surface area (Å²) in [6.45, 7) is 6.81. The number of methoxy groups -OCH3 is 1. The average molecular weight is 347 g/mol. The van der Waals surface area contributed by atoms with Crippen molar-refractivity contribution in [3.05, 3.63) is 40.5 Å². The molecule has 0 saturated carbocycles. The van der Waals surface area contributed by atoms with E-state index in [0.717, 1.165) is 24.4 Å². The molecule has 0 bridgehead atoms. The Hall–Kier alpha value is -2.41. The molecule has 2 aromatic heterocycles. The molecular formula is C18H25N3O4. The summed E-state index contributed by atoms with van der Waals surface area (Å²) in [6, 6.07) is 1.84.